The van der Waals surface area contributed by atoms with Gasteiger partial charge >= 0.3 is 0 Å². The molecule has 6 nitrogen and oxygen atoms in total. The van der Waals surface area contributed by atoms with Gasteiger partial charge in [-0.3, -0.25) is 20.4 Å². The highest BCUT2D eigenvalue weighted by molar-refractivity contribution is 5.96. The summed E-state index contributed by atoms with van der Waals surface area (Å²) >= 11 is 0. The maximum absolute atomic E-state index is 12.7. The lowest BCUT2D eigenvalue weighted by Gasteiger charge is -2.55. The second-order valence-electron chi connectivity index (χ2n) is 7.81. The highest BCUT2D eigenvalue weighted by Gasteiger charge is 2.54. The third kappa shape index (κ3) is 2.50. The van der Waals surface area contributed by atoms with Gasteiger partial charge in [-0.2, -0.15) is 0 Å². The first-order valence-electron chi connectivity index (χ1n) is 8.58. The van der Waals surface area contributed by atoms with Gasteiger partial charge in [-0.05, 0) is 74.5 Å². The van der Waals surface area contributed by atoms with Gasteiger partial charge in [-0.15, -0.1) is 0 Å². The van der Waals surface area contributed by atoms with Crippen LogP contribution in [0.4, 0.5) is 0 Å². The van der Waals surface area contributed by atoms with E-state index in [-0.39, 0.29) is 28.4 Å². The molecule has 0 radical (unpaired) electrons. The van der Waals surface area contributed by atoms with Gasteiger partial charge in [0.2, 0.25) is 5.91 Å². The molecule has 0 spiro atoms. The van der Waals surface area contributed by atoms with Crippen molar-refractivity contribution < 1.29 is 19.8 Å². The van der Waals surface area contributed by atoms with E-state index < -0.39 is 5.91 Å². The van der Waals surface area contributed by atoms with Crippen LogP contribution in [0.2, 0.25) is 0 Å². The molecule has 4 saturated carbocycles. The molecule has 0 saturated heterocycles. The Morgan fingerprint density at radius 1 is 0.917 bits per heavy atom. The van der Waals surface area contributed by atoms with Gasteiger partial charge in [-0.25, -0.2) is 0 Å². The number of phenols is 2. The lowest BCUT2D eigenvalue weighted by atomic mass is 9.49. The van der Waals surface area contributed by atoms with Crippen molar-refractivity contribution in [3.05, 3.63) is 23.8 Å². The zero-order valence-electron chi connectivity index (χ0n) is 13.4. The van der Waals surface area contributed by atoms with Crippen LogP contribution in [0.15, 0.2) is 18.2 Å². The summed E-state index contributed by atoms with van der Waals surface area (Å²) in [5.74, 6) is 0.728. The molecule has 6 heteroatoms. The third-order valence-electron chi connectivity index (χ3n) is 6.05. The van der Waals surface area contributed by atoms with Crippen molar-refractivity contribution in [1.29, 1.82) is 0 Å². The molecule has 5 rings (SSSR count). The number of aromatic hydroxyl groups is 2. The molecule has 1 aromatic carbocycles. The zero-order chi connectivity index (χ0) is 16.9. The topological polar surface area (TPSA) is 98.7 Å². The first kappa shape index (κ1) is 15.3. The van der Waals surface area contributed by atoms with Crippen LogP contribution in [-0.2, 0) is 4.79 Å². The number of hydrogen-bond acceptors (Lipinski definition) is 4. The number of benzene rings is 1. The molecule has 24 heavy (non-hydrogen) atoms. The molecule has 0 aliphatic heterocycles. The molecule has 128 valence electrons. The van der Waals surface area contributed by atoms with E-state index in [1.807, 2.05) is 0 Å². The highest BCUT2D eigenvalue weighted by atomic mass is 16.3. The number of phenolic OH excluding ortho intramolecular Hbond substituents is 2. The Balaban J connectivity index is 1.41. The molecule has 0 heterocycles. The molecular weight excluding hydrogens is 308 g/mol. The van der Waals surface area contributed by atoms with Crippen LogP contribution in [-0.4, -0.2) is 22.0 Å². The fourth-order valence-corrected chi connectivity index (χ4v) is 5.37. The van der Waals surface area contributed by atoms with Crippen LogP contribution >= 0.6 is 0 Å². The van der Waals surface area contributed by atoms with Gasteiger partial charge in [0, 0.05) is 5.56 Å². The van der Waals surface area contributed by atoms with Crippen LogP contribution in [0.5, 0.6) is 11.5 Å². The maximum Gasteiger partial charge on any atom is 0.269 e. The minimum Gasteiger partial charge on any atom is -0.504 e. The Kier molecular flexibility index (Phi) is 3.44. The molecule has 4 bridgehead atoms. The number of carbonyl (C=O) groups is 2. The summed E-state index contributed by atoms with van der Waals surface area (Å²) < 4.78 is 0. The smallest absolute Gasteiger partial charge is 0.269 e. The molecular formula is C18H22N2O4. The molecule has 2 amide bonds. The second-order valence-corrected chi connectivity index (χ2v) is 7.81. The van der Waals surface area contributed by atoms with Crippen LogP contribution in [0, 0.1) is 23.2 Å². The third-order valence-corrected chi connectivity index (χ3v) is 6.05. The van der Waals surface area contributed by atoms with E-state index in [9.17, 15) is 19.8 Å². The van der Waals surface area contributed by atoms with Crippen LogP contribution in [0.1, 0.15) is 48.9 Å². The molecule has 4 aliphatic rings. The standard InChI is InChI=1S/C18H22N2O4/c21-14-2-1-13(6-15(14)22)16(23)19-20-17(24)18-7-10-3-11(8-18)5-12(4-10)9-18/h1-2,6,10-12,21-22H,3-5,7-9H2,(H,19,23)(H,20,24). The molecule has 4 N–H and O–H groups in total. The van der Waals surface area contributed by atoms with Gasteiger partial charge in [0.15, 0.2) is 11.5 Å². The van der Waals surface area contributed by atoms with Crippen LogP contribution < -0.4 is 10.9 Å². The Morgan fingerprint density at radius 2 is 1.50 bits per heavy atom. The van der Waals surface area contributed by atoms with Gasteiger partial charge in [-0.1, -0.05) is 0 Å². The van der Waals surface area contributed by atoms with Crippen molar-refractivity contribution in [2.24, 2.45) is 23.2 Å². The number of rotatable bonds is 2. The van der Waals surface area contributed by atoms with Crippen molar-refractivity contribution >= 4 is 11.8 Å². The normalized spacial score (nSPS) is 33.2. The van der Waals surface area contributed by atoms with Crippen LogP contribution in [0.3, 0.4) is 0 Å². The summed E-state index contributed by atoms with van der Waals surface area (Å²) in [6.45, 7) is 0. The zero-order valence-corrected chi connectivity index (χ0v) is 13.4. The van der Waals surface area contributed by atoms with Crippen molar-refractivity contribution in [3.8, 4) is 11.5 Å². The van der Waals surface area contributed by atoms with Gasteiger partial charge in [0.1, 0.15) is 0 Å². The quantitative estimate of drug-likeness (QED) is 0.493. The lowest BCUT2D eigenvalue weighted by molar-refractivity contribution is -0.147. The van der Waals surface area contributed by atoms with Gasteiger partial charge in [0.25, 0.3) is 5.91 Å². The number of hydrazine groups is 1. The van der Waals surface area contributed by atoms with E-state index >= 15 is 0 Å². The van der Waals surface area contributed by atoms with E-state index in [0.29, 0.717) is 17.8 Å². The Morgan fingerprint density at radius 3 is 2.04 bits per heavy atom. The number of carbonyl (C=O) groups excluding carboxylic acids is 2. The number of amides is 2. The molecule has 4 fully saturated rings. The van der Waals surface area contributed by atoms with E-state index in [2.05, 4.69) is 10.9 Å². The van der Waals surface area contributed by atoms with E-state index in [1.54, 1.807) is 0 Å². The summed E-state index contributed by atoms with van der Waals surface area (Å²) in [6.07, 6.45) is 6.56. The highest BCUT2D eigenvalue weighted by Crippen LogP contribution is 2.60. The summed E-state index contributed by atoms with van der Waals surface area (Å²) in [4.78, 5) is 24.9. The number of hydrogen-bond donors (Lipinski definition) is 4. The fourth-order valence-electron chi connectivity index (χ4n) is 5.37. The van der Waals surface area contributed by atoms with E-state index in [0.717, 1.165) is 19.3 Å². The van der Waals surface area contributed by atoms with Gasteiger partial charge < -0.3 is 10.2 Å². The van der Waals surface area contributed by atoms with Crippen LogP contribution in [0.25, 0.3) is 0 Å². The first-order chi connectivity index (χ1) is 11.4. The van der Waals surface area contributed by atoms with E-state index in [1.165, 1.54) is 37.5 Å². The first-order valence-corrected chi connectivity index (χ1v) is 8.58. The van der Waals surface area contributed by atoms with E-state index in [4.69, 9.17) is 0 Å². The average molecular weight is 330 g/mol. The Labute approximate surface area is 140 Å². The SMILES string of the molecule is O=C(NNC(=O)C12CC3CC(CC(C3)C1)C2)c1ccc(O)c(O)c1. The molecule has 0 atom stereocenters. The largest absolute Gasteiger partial charge is 0.504 e. The molecule has 4 aliphatic carbocycles. The van der Waals surface area contributed by atoms with Crippen molar-refractivity contribution in [1.82, 2.24) is 10.9 Å². The summed E-state index contributed by atoms with van der Waals surface area (Å²) in [5.41, 5.74) is 4.89. The maximum atomic E-state index is 12.7. The molecule has 0 aromatic heterocycles. The van der Waals surface area contributed by atoms with Crippen molar-refractivity contribution in [2.45, 2.75) is 38.5 Å². The summed E-state index contributed by atoms with van der Waals surface area (Å²) in [6, 6.07) is 3.80. The minimum atomic E-state index is -0.511. The van der Waals surface area contributed by atoms with Crippen molar-refractivity contribution in [3.63, 3.8) is 0 Å². The number of nitrogens with one attached hydrogen (secondary N) is 2. The minimum absolute atomic E-state index is 0.0852. The Bertz CT molecular complexity index is 665. The monoisotopic (exact) mass is 330 g/mol. The predicted molar refractivity (Wildman–Crippen MR) is 86.0 cm³/mol. The fraction of sp³-hybridized carbons (Fsp3) is 0.556. The van der Waals surface area contributed by atoms with Crippen molar-refractivity contribution in [2.75, 3.05) is 0 Å². The predicted octanol–water partition coefficient (Wildman–Crippen LogP) is 2.08. The average Bonchev–Trinajstić information content (AvgIpc) is 2.53. The van der Waals surface area contributed by atoms with Gasteiger partial charge in [0.05, 0.1) is 5.41 Å². The lowest BCUT2D eigenvalue weighted by Crippen LogP contribution is -2.56. The summed E-state index contributed by atoms with van der Waals surface area (Å²) in [5, 5.41) is 18.8. The molecule has 0 unspecified atom stereocenters. The Hall–Kier alpha value is -2.24. The summed E-state index contributed by atoms with van der Waals surface area (Å²) in [7, 11) is 0. The second kappa shape index (κ2) is 5.40. The molecule has 1 aromatic rings.